The molecule has 1 fully saturated rings. The molecular weight excluding hydrogens is 326 g/mol. The first-order valence-corrected chi connectivity index (χ1v) is 9.00. The summed E-state index contributed by atoms with van der Waals surface area (Å²) in [5.74, 6) is 0.878. The number of piperazine rings is 1. The van der Waals surface area contributed by atoms with Crippen molar-refractivity contribution in [3.63, 3.8) is 0 Å². The Morgan fingerprint density at radius 3 is 2.35 bits per heavy atom. The molecule has 1 aliphatic heterocycles. The van der Waals surface area contributed by atoms with Crippen LogP contribution >= 0.6 is 0 Å². The van der Waals surface area contributed by atoms with Gasteiger partial charge in [-0.15, -0.1) is 0 Å². The van der Waals surface area contributed by atoms with E-state index >= 15 is 0 Å². The summed E-state index contributed by atoms with van der Waals surface area (Å²) in [7, 11) is 1.70. The van der Waals surface area contributed by atoms with Crippen molar-refractivity contribution in [1.82, 2.24) is 4.90 Å². The number of ether oxygens (including phenoxy) is 1. The van der Waals surface area contributed by atoms with Crippen LogP contribution in [0.15, 0.2) is 36.4 Å². The van der Waals surface area contributed by atoms with Crippen molar-refractivity contribution in [2.24, 2.45) is 0 Å². The van der Waals surface area contributed by atoms with Crippen LogP contribution in [0.2, 0.25) is 0 Å². The summed E-state index contributed by atoms with van der Waals surface area (Å²) in [6.07, 6.45) is 0. The van der Waals surface area contributed by atoms with Crippen LogP contribution in [-0.4, -0.2) is 44.2 Å². The molecule has 2 aromatic carbocycles. The average molecular weight is 353 g/mol. The third kappa shape index (κ3) is 3.93. The van der Waals surface area contributed by atoms with Crippen molar-refractivity contribution in [2.75, 3.05) is 43.5 Å². The molecule has 0 aliphatic carbocycles. The van der Waals surface area contributed by atoms with Gasteiger partial charge in [0.2, 0.25) is 0 Å². The highest BCUT2D eigenvalue weighted by molar-refractivity contribution is 5.89. The Hall–Kier alpha value is -2.69. The second-order valence-corrected chi connectivity index (χ2v) is 6.88. The van der Waals surface area contributed by atoms with Gasteiger partial charge in [-0.05, 0) is 61.7 Å². The number of nitrogens with zero attached hydrogens (tertiary/aromatic N) is 2. The number of hydrogen-bond acceptors (Lipinski definition) is 3. The fraction of sp³-hybridized carbons (Fsp3) is 0.381. The number of nitrogens with one attached hydrogen (secondary N) is 1. The molecule has 0 atom stereocenters. The zero-order valence-corrected chi connectivity index (χ0v) is 16.0. The lowest BCUT2D eigenvalue weighted by Crippen LogP contribution is -2.50. The Morgan fingerprint density at radius 2 is 1.69 bits per heavy atom. The van der Waals surface area contributed by atoms with E-state index in [1.165, 1.54) is 16.7 Å². The first-order chi connectivity index (χ1) is 12.5. The number of carbonyl (C=O) groups excluding carboxylic acids is 1. The normalized spacial score (nSPS) is 14.3. The van der Waals surface area contributed by atoms with Crippen molar-refractivity contribution in [1.29, 1.82) is 0 Å². The highest BCUT2D eigenvalue weighted by Gasteiger charge is 2.23. The van der Waals surface area contributed by atoms with Crippen LogP contribution in [0.5, 0.6) is 5.75 Å². The number of methoxy groups -OCH3 is 1. The third-order valence-corrected chi connectivity index (χ3v) is 5.00. The number of amides is 2. The quantitative estimate of drug-likeness (QED) is 0.908. The largest absolute Gasteiger partial charge is 0.495 e. The SMILES string of the molecule is COc1ccc(C)cc1N1CCN(C(=O)Nc2ccc(C)c(C)c2)CC1. The molecule has 0 unspecified atom stereocenters. The zero-order valence-electron chi connectivity index (χ0n) is 16.0. The lowest BCUT2D eigenvalue weighted by Gasteiger charge is -2.36. The van der Waals surface area contributed by atoms with Crippen LogP contribution in [0.3, 0.4) is 0 Å². The van der Waals surface area contributed by atoms with Gasteiger partial charge in [0.15, 0.2) is 0 Å². The molecule has 2 amide bonds. The van der Waals surface area contributed by atoms with Gasteiger partial charge in [-0.2, -0.15) is 0 Å². The molecular formula is C21H27N3O2. The van der Waals surface area contributed by atoms with Gasteiger partial charge in [0, 0.05) is 31.9 Å². The van der Waals surface area contributed by atoms with Gasteiger partial charge in [-0.1, -0.05) is 12.1 Å². The molecule has 2 aromatic rings. The molecule has 1 saturated heterocycles. The number of anilines is 2. The van der Waals surface area contributed by atoms with E-state index in [9.17, 15) is 4.79 Å². The number of urea groups is 1. The summed E-state index contributed by atoms with van der Waals surface area (Å²) in [6, 6.07) is 12.2. The molecule has 5 heteroatoms. The minimum Gasteiger partial charge on any atom is -0.495 e. The lowest BCUT2D eigenvalue weighted by atomic mass is 10.1. The predicted octanol–water partition coefficient (Wildman–Crippen LogP) is 3.97. The molecule has 5 nitrogen and oxygen atoms in total. The summed E-state index contributed by atoms with van der Waals surface area (Å²) in [5, 5.41) is 3.01. The maximum atomic E-state index is 12.6. The van der Waals surface area contributed by atoms with Crippen molar-refractivity contribution < 1.29 is 9.53 Å². The van der Waals surface area contributed by atoms with Crippen LogP contribution in [0.4, 0.5) is 16.2 Å². The van der Waals surface area contributed by atoms with Crippen LogP contribution in [0.1, 0.15) is 16.7 Å². The molecule has 1 N–H and O–H groups in total. The highest BCUT2D eigenvalue weighted by atomic mass is 16.5. The van der Waals surface area contributed by atoms with E-state index in [-0.39, 0.29) is 6.03 Å². The molecule has 3 rings (SSSR count). The zero-order chi connectivity index (χ0) is 18.7. The van der Waals surface area contributed by atoms with Crippen molar-refractivity contribution in [3.8, 4) is 5.75 Å². The molecule has 0 radical (unpaired) electrons. The molecule has 1 heterocycles. The van der Waals surface area contributed by atoms with Gasteiger partial charge >= 0.3 is 6.03 Å². The van der Waals surface area contributed by atoms with E-state index in [0.717, 1.165) is 30.2 Å². The number of rotatable bonds is 3. The van der Waals surface area contributed by atoms with E-state index in [1.807, 2.05) is 29.2 Å². The van der Waals surface area contributed by atoms with Gasteiger partial charge in [0.1, 0.15) is 5.75 Å². The van der Waals surface area contributed by atoms with Gasteiger partial charge < -0.3 is 19.9 Å². The van der Waals surface area contributed by atoms with Gasteiger partial charge in [-0.25, -0.2) is 4.79 Å². The minimum absolute atomic E-state index is 0.0379. The second kappa shape index (κ2) is 7.68. The Bertz CT molecular complexity index is 796. The van der Waals surface area contributed by atoms with Crippen LogP contribution in [0, 0.1) is 20.8 Å². The highest BCUT2D eigenvalue weighted by Crippen LogP contribution is 2.30. The first kappa shape index (κ1) is 18.1. The van der Waals surface area contributed by atoms with Crippen molar-refractivity contribution in [3.05, 3.63) is 53.1 Å². The molecule has 0 bridgehead atoms. The number of carbonyl (C=O) groups is 1. The fourth-order valence-corrected chi connectivity index (χ4v) is 3.22. The molecule has 138 valence electrons. The molecule has 0 aromatic heterocycles. The first-order valence-electron chi connectivity index (χ1n) is 9.00. The Kier molecular flexibility index (Phi) is 5.35. The van der Waals surface area contributed by atoms with Crippen LogP contribution in [0.25, 0.3) is 0 Å². The summed E-state index contributed by atoms with van der Waals surface area (Å²) in [4.78, 5) is 16.7. The topological polar surface area (TPSA) is 44.8 Å². The van der Waals surface area contributed by atoms with Gasteiger partial charge in [-0.3, -0.25) is 0 Å². The summed E-state index contributed by atoms with van der Waals surface area (Å²) in [6.45, 7) is 9.16. The third-order valence-electron chi connectivity index (χ3n) is 5.00. The number of benzene rings is 2. The smallest absolute Gasteiger partial charge is 0.321 e. The van der Waals surface area contributed by atoms with Gasteiger partial charge in [0.05, 0.1) is 12.8 Å². The van der Waals surface area contributed by atoms with E-state index in [4.69, 9.17) is 4.74 Å². The van der Waals surface area contributed by atoms with Crippen molar-refractivity contribution >= 4 is 17.4 Å². The fourth-order valence-electron chi connectivity index (χ4n) is 3.22. The monoisotopic (exact) mass is 353 g/mol. The second-order valence-electron chi connectivity index (χ2n) is 6.88. The van der Waals surface area contributed by atoms with E-state index < -0.39 is 0 Å². The summed E-state index contributed by atoms with van der Waals surface area (Å²) >= 11 is 0. The summed E-state index contributed by atoms with van der Waals surface area (Å²) < 4.78 is 5.49. The van der Waals surface area contributed by atoms with Gasteiger partial charge in [0.25, 0.3) is 0 Å². The molecule has 26 heavy (non-hydrogen) atoms. The molecule has 1 aliphatic rings. The molecule has 0 saturated carbocycles. The predicted molar refractivity (Wildman–Crippen MR) is 106 cm³/mol. The van der Waals surface area contributed by atoms with E-state index in [1.54, 1.807) is 7.11 Å². The standard InChI is InChI=1S/C21H27N3O2/c1-15-5-8-20(26-4)19(13-15)23-9-11-24(12-10-23)21(25)22-18-7-6-16(2)17(3)14-18/h5-8,13-14H,9-12H2,1-4H3,(H,22,25). The van der Waals surface area contributed by atoms with Crippen LogP contribution in [-0.2, 0) is 0 Å². The Morgan fingerprint density at radius 1 is 0.962 bits per heavy atom. The Balaban J connectivity index is 1.62. The van der Waals surface area contributed by atoms with Crippen molar-refractivity contribution in [2.45, 2.75) is 20.8 Å². The summed E-state index contributed by atoms with van der Waals surface area (Å²) in [5.41, 5.74) is 5.56. The minimum atomic E-state index is -0.0379. The maximum absolute atomic E-state index is 12.6. The molecule has 0 spiro atoms. The number of aryl methyl sites for hydroxylation is 3. The lowest BCUT2D eigenvalue weighted by molar-refractivity contribution is 0.208. The van der Waals surface area contributed by atoms with Crippen LogP contribution < -0.4 is 15.0 Å². The average Bonchev–Trinajstić information content (AvgIpc) is 2.65. The Labute approximate surface area is 155 Å². The van der Waals surface area contributed by atoms with E-state index in [2.05, 4.69) is 43.1 Å². The van der Waals surface area contributed by atoms with E-state index in [0.29, 0.717) is 13.1 Å². The maximum Gasteiger partial charge on any atom is 0.321 e. The number of hydrogen-bond donors (Lipinski definition) is 1.